The van der Waals surface area contributed by atoms with Crippen molar-refractivity contribution in [2.75, 3.05) is 12.4 Å². The van der Waals surface area contributed by atoms with Crippen molar-refractivity contribution >= 4 is 28.5 Å². The number of fused-ring (bicyclic) bond motifs is 1. The molecule has 1 aliphatic carbocycles. The van der Waals surface area contributed by atoms with Gasteiger partial charge in [-0.15, -0.1) is 0 Å². The Hall–Kier alpha value is -3.41. The molecule has 30 heavy (non-hydrogen) atoms. The number of esters is 1. The molecular formula is C24H23FN2O3. The van der Waals surface area contributed by atoms with Crippen LogP contribution in [0.1, 0.15) is 28.9 Å². The van der Waals surface area contributed by atoms with E-state index in [9.17, 15) is 14.0 Å². The molecule has 0 aliphatic heterocycles. The van der Waals surface area contributed by atoms with Crippen LogP contribution in [-0.2, 0) is 16.0 Å². The zero-order valence-electron chi connectivity index (χ0n) is 16.7. The summed E-state index contributed by atoms with van der Waals surface area (Å²) in [5.41, 5.74) is 2.10. The van der Waals surface area contributed by atoms with Crippen LogP contribution in [-0.4, -0.2) is 24.0 Å². The normalized spacial score (nSPS) is 18.3. The van der Waals surface area contributed by atoms with E-state index in [1.54, 1.807) is 0 Å². The molecule has 5 nitrogen and oxygen atoms in total. The number of aromatic nitrogens is 1. The molecule has 2 atom stereocenters. The van der Waals surface area contributed by atoms with E-state index < -0.39 is 11.8 Å². The molecule has 0 spiro atoms. The topological polar surface area (TPSA) is 71.2 Å². The minimum absolute atomic E-state index is 0.109. The van der Waals surface area contributed by atoms with Crippen molar-refractivity contribution in [1.82, 2.24) is 4.98 Å². The second-order valence-electron chi connectivity index (χ2n) is 7.54. The number of H-pyrrole nitrogens is 1. The third kappa shape index (κ3) is 3.99. The summed E-state index contributed by atoms with van der Waals surface area (Å²) in [6.07, 6.45) is 6.34. The summed E-state index contributed by atoms with van der Waals surface area (Å²) in [5.74, 6) is -1.36. The van der Waals surface area contributed by atoms with Crippen LogP contribution in [0.25, 0.3) is 10.9 Å². The lowest BCUT2D eigenvalue weighted by molar-refractivity contribution is -0.121. The van der Waals surface area contributed by atoms with E-state index in [1.807, 2.05) is 24.3 Å². The number of allylic oxidation sites excluding steroid dienone is 2. The molecule has 2 aromatic carbocycles. The first-order valence-electron chi connectivity index (χ1n) is 9.96. The van der Waals surface area contributed by atoms with Crippen molar-refractivity contribution in [2.24, 2.45) is 11.8 Å². The van der Waals surface area contributed by atoms with Crippen molar-refractivity contribution in [1.29, 1.82) is 0 Å². The number of ether oxygens (including phenoxy) is 1. The fourth-order valence-corrected chi connectivity index (χ4v) is 4.10. The summed E-state index contributed by atoms with van der Waals surface area (Å²) in [4.78, 5) is 28.4. The molecule has 3 aromatic rings. The van der Waals surface area contributed by atoms with Crippen LogP contribution in [0.4, 0.5) is 10.1 Å². The summed E-state index contributed by atoms with van der Waals surface area (Å²) in [6, 6.07) is 14.2. The number of nitrogens with one attached hydrogen (secondary N) is 2. The Morgan fingerprint density at radius 1 is 1.13 bits per heavy atom. The number of halogens is 1. The number of carbonyl (C=O) groups is 2. The maximum Gasteiger partial charge on any atom is 0.356 e. The molecule has 1 amide bonds. The average molecular weight is 406 g/mol. The molecule has 0 saturated carbocycles. The van der Waals surface area contributed by atoms with E-state index in [-0.39, 0.29) is 29.1 Å². The lowest BCUT2D eigenvalue weighted by Crippen LogP contribution is -2.32. The van der Waals surface area contributed by atoms with Crippen molar-refractivity contribution < 1.29 is 18.7 Å². The van der Waals surface area contributed by atoms with Gasteiger partial charge >= 0.3 is 5.97 Å². The first kappa shape index (κ1) is 19.9. The standard InChI is InChI=1S/C24H23FN2O3/c1-30-24(29)22-21(19-14-17(25)11-12-20(19)26-22)27-23(28)18-10-6-5-9-16(18)13-15-7-3-2-4-8-15/h2-8,11-12,14,16,18,26H,9-10,13H2,1H3,(H,27,28)/t16-,18+/m1/s1. The number of hydrogen-bond acceptors (Lipinski definition) is 3. The van der Waals surface area contributed by atoms with Crippen molar-refractivity contribution in [3.63, 3.8) is 0 Å². The van der Waals surface area contributed by atoms with Gasteiger partial charge in [-0.3, -0.25) is 4.79 Å². The smallest absolute Gasteiger partial charge is 0.356 e. The number of hydrogen-bond donors (Lipinski definition) is 2. The summed E-state index contributed by atoms with van der Waals surface area (Å²) in [7, 11) is 1.27. The average Bonchev–Trinajstić information content (AvgIpc) is 3.11. The van der Waals surface area contributed by atoms with Crippen LogP contribution in [0, 0.1) is 17.7 Å². The van der Waals surface area contributed by atoms with Gasteiger partial charge in [0.25, 0.3) is 0 Å². The number of rotatable bonds is 5. The van der Waals surface area contributed by atoms with Crippen molar-refractivity contribution in [3.8, 4) is 0 Å². The highest BCUT2D eigenvalue weighted by Crippen LogP contribution is 2.33. The molecule has 0 radical (unpaired) electrons. The molecule has 6 heteroatoms. The number of methoxy groups -OCH3 is 1. The predicted octanol–water partition coefficient (Wildman–Crippen LogP) is 4.86. The summed E-state index contributed by atoms with van der Waals surface area (Å²) in [6.45, 7) is 0. The van der Waals surface area contributed by atoms with E-state index in [0.717, 1.165) is 12.8 Å². The monoisotopic (exact) mass is 406 g/mol. The molecule has 154 valence electrons. The van der Waals surface area contributed by atoms with Gasteiger partial charge in [0, 0.05) is 16.8 Å². The Morgan fingerprint density at radius 2 is 1.90 bits per heavy atom. The van der Waals surface area contributed by atoms with E-state index >= 15 is 0 Å². The maximum atomic E-state index is 13.9. The quantitative estimate of drug-likeness (QED) is 0.470. The van der Waals surface area contributed by atoms with Gasteiger partial charge < -0.3 is 15.0 Å². The molecule has 2 N–H and O–H groups in total. The Morgan fingerprint density at radius 3 is 2.67 bits per heavy atom. The number of aromatic amines is 1. The summed E-state index contributed by atoms with van der Waals surface area (Å²) < 4.78 is 18.7. The van der Waals surface area contributed by atoms with Gasteiger partial charge in [-0.2, -0.15) is 0 Å². The van der Waals surface area contributed by atoms with E-state index in [0.29, 0.717) is 17.3 Å². The Balaban J connectivity index is 1.63. The van der Waals surface area contributed by atoms with Crippen LogP contribution < -0.4 is 5.32 Å². The SMILES string of the molecule is COC(=O)c1[nH]c2ccc(F)cc2c1NC(=O)[C@H]1CC=CC[C@@H]1Cc1ccccc1. The lowest BCUT2D eigenvalue weighted by Gasteiger charge is -2.27. The third-order valence-electron chi connectivity index (χ3n) is 5.64. The maximum absolute atomic E-state index is 13.9. The van der Waals surface area contributed by atoms with Crippen LogP contribution in [0.3, 0.4) is 0 Å². The predicted molar refractivity (Wildman–Crippen MR) is 114 cm³/mol. The molecular weight excluding hydrogens is 383 g/mol. The fourth-order valence-electron chi connectivity index (χ4n) is 4.10. The highest BCUT2D eigenvalue weighted by atomic mass is 19.1. The van der Waals surface area contributed by atoms with Crippen LogP contribution in [0.5, 0.6) is 0 Å². The Kier molecular flexibility index (Phi) is 5.65. The van der Waals surface area contributed by atoms with Gasteiger partial charge in [-0.05, 0) is 48.9 Å². The molecule has 1 heterocycles. The van der Waals surface area contributed by atoms with Crippen LogP contribution in [0.15, 0.2) is 60.7 Å². The molecule has 1 aromatic heterocycles. The molecule has 1 aliphatic rings. The van der Waals surface area contributed by atoms with Crippen molar-refractivity contribution in [3.05, 3.63) is 77.8 Å². The second-order valence-corrected chi connectivity index (χ2v) is 7.54. The number of amides is 1. The molecule has 4 rings (SSSR count). The molecule has 0 bridgehead atoms. The van der Waals surface area contributed by atoms with E-state index in [4.69, 9.17) is 4.74 Å². The van der Waals surface area contributed by atoms with Gasteiger partial charge in [-0.1, -0.05) is 42.5 Å². The minimum atomic E-state index is -0.619. The summed E-state index contributed by atoms with van der Waals surface area (Å²) in [5, 5.41) is 3.33. The summed E-state index contributed by atoms with van der Waals surface area (Å²) >= 11 is 0. The lowest BCUT2D eigenvalue weighted by atomic mass is 9.78. The number of benzene rings is 2. The molecule has 0 unspecified atom stereocenters. The molecule has 0 saturated heterocycles. The van der Waals surface area contributed by atoms with Gasteiger partial charge in [0.05, 0.1) is 12.8 Å². The number of anilines is 1. The van der Waals surface area contributed by atoms with E-state index in [1.165, 1.54) is 30.9 Å². The third-order valence-corrected chi connectivity index (χ3v) is 5.64. The first-order chi connectivity index (χ1) is 14.6. The Labute approximate surface area is 173 Å². The number of carbonyl (C=O) groups excluding carboxylic acids is 2. The largest absolute Gasteiger partial charge is 0.464 e. The van der Waals surface area contributed by atoms with Gasteiger partial charge in [0.15, 0.2) is 0 Å². The van der Waals surface area contributed by atoms with Crippen molar-refractivity contribution in [2.45, 2.75) is 19.3 Å². The van der Waals surface area contributed by atoms with Crippen LogP contribution in [0.2, 0.25) is 0 Å². The minimum Gasteiger partial charge on any atom is -0.464 e. The van der Waals surface area contributed by atoms with Gasteiger partial charge in [0.2, 0.25) is 5.91 Å². The zero-order chi connectivity index (χ0) is 21.1. The first-order valence-corrected chi connectivity index (χ1v) is 9.96. The van der Waals surface area contributed by atoms with E-state index in [2.05, 4.69) is 28.5 Å². The molecule has 0 fully saturated rings. The van der Waals surface area contributed by atoms with Gasteiger partial charge in [0.1, 0.15) is 11.5 Å². The van der Waals surface area contributed by atoms with Gasteiger partial charge in [-0.25, -0.2) is 9.18 Å². The fraction of sp³-hybridized carbons (Fsp3) is 0.250. The van der Waals surface area contributed by atoms with Crippen LogP contribution >= 0.6 is 0 Å². The second kappa shape index (κ2) is 8.53. The zero-order valence-corrected chi connectivity index (χ0v) is 16.7. The Bertz CT molecular complexity index is 1100. The highest BCUT2D eigenvalue weighted by Gasteiger charge is 2.31. The highest BCUT2D eigenvalue weighted by molar-refractivity contribution is 6.11.